The highest BCUT2D eigenvalue weighted by Gasteiger charge is 2.31. The number of H-pyrrole nitrogens is 1. The molecule has 3 nitrogen and oxygen atoms in total. The Labute approximate surface area is 123 Å². The van der Waals surface area contributed by atoms with Crippen LogP contribution in [-0.4, -0.2) is 14.8 Å². The van der Waals surface area contributed by atoms with Gasteiger partial charge in [0.1, 0.15) is 4.64 Å². The minimum absolute atomic E-state index is 0.118. The molecule has 2 aromatic rings. The van der Waals surface area contributed by atoms with E-state index < -0.39 is 11.7 Å². The van der Waals surface area contributed by atoms with E-state index in [1.165, 1.54) is 4.68 Å². The molecule has 0 aliphatic heterocycles. The SMILES string of the molecule is CC(C)c1cc(=S)n(-c2ncc(C(F)(F)F)cc2Cl)[nH]1. The highest BCUT2D eigenvalue weighted by molar-refractivity contribution is 7.71. The second-order valence-corrected chi connectivity index (χ2v) is 5.39. The minimum atomic E-state index is -4.48. The van der Waals surface area contributed by atoms with E-state index in [2.05, 4.69) is 10.1 Å². The van der Waals surface area contributed by atoms with E-state index in [1.54, 1.807) is 6.07 Å². The molecule has 0 radical (unpaired) electrons. The molecular weight excluding hydrogens is 311 g/mol. The van der Waals surface area contributed by atoms with Crippen molar-refractivity contribution in [2.75, 3.05) is 0 Å². The van der Waals surface area contributed by atoms with Crippen LogP contribution in [0.2, 0.25) is 5.02 Å². The fraction of sp³-hybridized carbons (Fsp3) is 0.333. The normalized spacial score (nSPS) is 12.2. The van der Waals surface area contributed by atoms with Crippen LogP contribution in [0, 0.1) is 4.64 Å². The number of pyridine rings is 1. The summed E-state index contributed by atoms with van der Waals surface area (Å²) in [5, 5.41) is 2.86. The monoisotopic (exact) mass is 321 g/mol. The predicted molar refractivity (Wildman–Crippen MR) is 72.8 cm³/mol. The van der Waals surface area contributed by atoms with Crippen molar-refractivity contribution < 1.29 is 13.2 Å². The summed E-state index contributed by atoms with van der Waals surface area (Å²) in [4.78, 5) is 3.76. The Morgan fingerprint density at radius 1 is 1.35 bits per heavy atom. The van der Waals surface area contributed by atoms with Crippen molar-refractivity contribution in [1.82, 2.24) is 14.8 Å². The molecule has 0 saturated heterocycles. The number of hydrogen-bond acceptors (Lipinski definition) is 2. The minimum Gasteiger partial charge on any atom is -0.295 e. The second-order valence-electron chi connectivity index (χ2n) is 4.57. The highest BCUT2D eigenvalue weighted by atomic mass is 35.5. The summed E-state index contributed by atoms with van der Waals surface area (Å²) in [5.74, 6) is 0.350. The first-order chi connectivity index (χ1) is 9.20. The van der Waals surface area contributed by atoms with E-state index in [0.29, 0.717) is 4.64 Å². The number of nitrogens with one attached hydrogen (secondary N) is 1. The standard InChI is InChI=1S/C12H11ClF3N3S/c1-6(2)9-4-10(20)19(18-9)11-8(13)3-7(5-17-11)12(14,15)16/h3-6,18H,1-2H3. The van der Waals surface area contributed by atoms with Crippen LogP contribution in [0.5, 0.6) is 0 Å². The molecule has 2 aromatic heterocycles. The first-order valence-corrected chi connectivity index (χ1v) is 6.54. The van der Waals surface area contributed by atoms with Gasteiger partial charge in [0.05, 0.1) is 10.6 Å². The Hall–Kier alpha value is -1.34. The number of nitrogens with zero attached hydrogens (tertiary/aromatic N) is 2. The van der Waals surface area contributed by atoms with Crippen molar-refractivity contribution in [3.63, 3.8) is 0 Å². The summed E-state index contributed by atoms with van der Waals surface area (Å²) in [5.41, 5.74) is -0.0406. The van der Waals surface area contributed by atoms with Crippen LogP contribution in [0.15, 0.2) is 18.3 Å². The van der Waals surface area contributed by atoms with Gasteiger partial charge in [-0.05, 0) is 18.1 Å². The van der Waals surface area contributed by atoms with Gasteiger partial charge in [-0.15, -0.1) is 0 Å². The van der Waals surface area contributed by atoms with Gasteiger partial charge in [0.2, 0.25) is 0 Å². The molecule has 0 saturated carbocycles. The van der Waals surface area contributed by atoms with Gasteiger partial charge in [0.15, 0.2) is 5.82 Å². The summed E-state index contributed by atoms with van der Waals surface area (Å²) < 4.78 is 39.5. The molecule has 2 heterocycles. The zero-order valence-corrected chi connectivity index (χ0v) is 12.2. The Kier molecular flexibility index (Phi) is 3.93. The van der Waals surface area contributed by atoms with Gasteiger partial charge in [0.25, 0.3) is 0 Å². The van der Waals surface area contributed by atoms with Crippen molar-refractivity contribution in [2.24, 2.45) is 0 Å². The Morgan fingerprint density at radius 2 is 2.00 bits per heavy atom. The van der Waals surface area contributed by atoms with Gasteiger partial charge in [-0.1, -0.05) is 37.7 Å². The molecule has 0 atom stereocenters. The fourth-order valence-corrected chi connectivity index (χ4v) is 2.13. The number of hydrogen-bond donors (Lipinski definition) is 1. The van der Waals surface area contributed by atoms with Crippen molar-refractivity contribution in [2.45, 2.75) is 25.9 Å². The van der Waals surface area contributed by atoms with Crippen LogP contribution >= 0.6 is 23.8 Å². The van der Waals surface area contributed by atoms with Crippen LogP contribution in [0.3, 0.4) is 0 Å². The number of aromatic amines is 1. The van der Waals surface area contributed by atoms with Crippen molar-refractivity contribution in [3.05, 3.63) is 39.3 Å². The molecule has 0 fully saturated rings. The van der Waals surface area contributed by atoms with Crippen molar-refractivity contribution in [1.29, 1.82) is 0 Å². The molecule has 0 aromatic carbocycles. The van der Waals surface area contributed by atoms with Crippen LogP contribution in [0.25, 0.3) is 5.82 Å². The largest absolute Gasteiger partial charge is 0.417 e. The average Bonchev–Trinajstić information content (AvgIpc) is 2.70. The van der Waals surface area contributed by atoms with E-state index >= 15 is 0 Å². The summed E-state index contributed by atoms with van der Waals surface area (Å²) >= 11 is 11.0. The van der Waals surface area contributed by atoms with E-state index in [1.807, 2.05) is 13.8 Å². The lowest BCUT2D eigenvalue weighted by atomic mass is 10.1. The average molecular weight is 322 g/mol. The summed E-state index contributed by atoms with van der Waals surface area (Å²) in [6.07, 6.45) is -3.74. The maximum atomic E-state index is 12.6. The maximum Gasteiger partial charge on any atom is 0.417 e. The van der Waals surface area contributed by atoms with E-state index in [9.17, 15) is 13.2 Å². The number of halogens is 4. The highest BCUT2D eigenvalue weighted by Crippen LogP contribution is 2.32. The molecule has 0 aliphatic rings. The van der Waals surface area contributed by atoms with Crippen LogP contribution in [0.1, 0.15) is 31.0 Å². The van der Waals surface area contributed by atoms with Gasteiger partial charge in [0, 0.05) is 11.9 Å². The second kappa shape index (κ2) is 5.21. The zero-order valence-electron chi connectivity index (χ0n) is 10.6. The van der Waals surface area contributed by atoms with Gasteiger partial charge in [-0.25, -0.2) is 9.67 Å². The van der Waals surface area contributed by atoms with Gasteiger partial charge in [-0.2, -0.15) is 13.2 Å². The number of alkyl halides is 3. The summed E-state index contributed by atoms with van der Waals surface area (Å²) in [6.45, 7) is 3.93. The van der Waals surface area contributed by atoms with E-state index in [0.717, 1.165) is 18.0 Å². The van der Waals surface area contributed by atoms with Gasteiger partial charge >= 0.3 is 6.18 Å². The molecule has 0 amide bonds. The van der Waals surface area contributed by atoms with Gasteiger partial charge in [-0.3, -0.25) is 5.10 Å². The summed E-state index contributed by atoms with van der Waals surface area (Å²) in [6, 6.07) is 2.57. The molecule has 8 heteroatoms. The quantitative estimate of drug-likeness (QED) is 0.812. The molecule has 108 valence electrons. The Morgan fingerprint density at radius 3 is 2.45 bits per heavy atom. The maximum absolute atomic E-state index is 12.6. The third-order valence-corrected chi connectivity index (χ3v) is 3.30. The third kappa shape index (κ3) is 2.88. The smallest absolute Gasteiger partial charge is 0.295 e. The van der Waals surface area contributed by atoms with Gasteiger partial charge < -0.3 is 0 Å². The molecule has 1 N–H and O–H groups in total. The molecule has 20 heavy (non-hydrogen) atoms. The molecule has 0 aliphatic carbocycles. The molecule has 0 spiro atoms. The zero-order chi connectivity index (χ0) is 15.1. The lowest BCUT2D eigenvalue weighted by Crippen LogP contribution is -2.08. The first-order valence-electron chi connectivity index (χ1n) is 5.75. The molecule has 0 bridgehead atoms. The van der Waals surface area contributed by atoms with Crippen LogP contribution in [0.4, 0.5) is 13.2 Å². The predicted octanol–water partition coefficient (Wildman–Crippen LogP) is 4.73. The molecule has 2 rings (SSSR count). The van der Waals surface area contributed by atoms with Crippen molar-refractivity contribution >= 4 is 23.8 Å². The van der Waals surface area contributed by atoms with Crippen LogP contribution < -0.4 is 0 Å². The lowest BCUT2D eigenvalue weighted by molar-refractivity contribution is -0.137. The lowest BCUT2D eigenvalue weighted by Gasteiger charge is -2.10. The van der Waals surface area contributed by atoms with Crippen molar-refractivity contribution in [3.8, 4) is 5.82 Å². The van der Waals surface area contributed by atoms with Crippen LogP contribution in [-0.2, 0) is 6.18 Å². The first kappa shape index (κ1) is 15.1. The number of aromatic nitrogens is 3. The number of rotatable bonds is 2. The van der Waals surface area contributed by atoms with E-state index in [4.69, 9.17) is 23.8 Å². The van der Waals surface area contributed by atoms with E-state index in [-0.39, 0.29) is 16.8 Å². The summed E-state index contributed by atoms with van der Waals surface area (Å²) in [7, 11) is 0. The molecule has 0 unspecified atom stereocenters. The Balaban J connectivity index is 2.52. The Bertz CT molecular complexity index is 688. The molecular formula is C12H11ClF3N3S. The topological polar surface area (TPSA) is 33.6 Å². The third-order valence-electron chi connectivity index (χ3n) is 2.72. The fourth-order valence-electron chi connectivity index (χ4n) is 1.62.